The number of aromatic nitrogens is 2. The van der Waals surface area contributed by atoms with Crippen molar-refractivity contribution in [1.82, 2.24) is 9.97 Å². The third kappa shape index (κ3) is 5.09. The first-order valence-electron chi connectivity index (χ1n) is 8.77. The minimum Gasteiger partial charge on any atom is -0.283 e. The van der Waals surface area contributed by atoms with Gasteiger partial charge >= 0.3 is 0 Å². The van der Waals surface area contributed by atoms with Crippen LogP contribution in [0.4, 0.5) is 9.52 Å². The summed E-state index contributed by atoms with van der Waals surface area (Å²) in [6, 6.07) is 16.0. The van der Waals surface area contributed by atoms with Crippen LogP contribution in [0.15, 0.2) is 75.9 Å². The van der Waals surface area contributed by atoms with Gasteiger partial charge in [-0.2, -0.15) is 0 Å². The molecule has 0 aliphatic rings. The Hall–Kier alpha value is -2.55. The maximum atomic E-state index is 13.2. The number of rotatable bonds is 7. The van der Waals surface area contributed by atoms with E-state index in [2.05, 4.69) is 9.97 Å². The minimum absolute atomic E-state index is 0.0333. The average molecular weight is 442 g/mol. The van der Waals surface area contributed by atoms with Crippen LogP contribution >= 0.6 is 34.4 Å². The van der Waals surface area contributed by atoms with Gasteiger partial charge in [0.1, 0.15) is 10.2 Å². The smallest absolute Gasteiger partial charge is 0.239 e. The van der Waals surface area contributed by atoms with E-state index >= 15 is 0 Å². The second-order valence-corrected chi connectivity index (χ2v) is 9.03. The summed E-state index contributed by atoms with van der Waals surface area (Å²) in [6.45, 7) is 0.439. The maximum Gasteiger partial charge on any atom is 0.239 e. The number of halogens is 1. The fourth-order valence-electron chi connectivity index (χ4n) is 2.65. The molecule has 0 spiro atoms. The lowest BCUT2D eigenvalue weighted by atomic mass is 10.2. The molecular formula is C21H16FN3OS3. The van der Waals surface area contributed by atoms with Gasteiger partial charge in [0.15, 0.2) is 5.13 Å². The normalized spacial score (nSPS) is 10.8. The van der Waals surface area contributed by atoms with E-state index < -0.39 is 0 Å². The van der Waals surface area contributed by atoms with Crippen molar-refractivity contribution in [2.45, 2.75) is 10.9 Å². The second kappa shape index (κ2) is 9.30. The van der Waals surface area contributed by atoms with Crippen molar-refractivity contribution in [1.29, 1.82) is 0 Å². The van der Waals surface area contributed by atoms with Crippen molar-refractivity contribution in [3.05, 3.63) is 82.9 Å². The van der Waals surface area contributed by atoms with Gasteiger partial charge in [-0.3, -0.25) is 9.69 Å². The molecule has 8 heteroatoms. The van der Waals surface area contributed by atoms with Crippen molar-refractivity contribution in [2.24, 2.45) is 0 Å². The van der Waals surface area contributed by atoms with Crippen LogP contribution in [0.2, 0.25) is 0 Å². The molecule has 1 amide bonds. The number of thiazole rings is 2. The zero-order valence-electron chi connectivity index (χ0n) is 15.2. The number of carbonyl (C=O) groups excluding carboxylic acids is 1. The average Bonchev–Trinajstić information content (AvgIpc) is 3.44. The van der Waals surface area contributed by atoms with Gasteiger partial charge in [0.2, 0.25) is 5.91 Å². The molecule has 2 aromatic heterocycles. The zero-order valence-corrected chi connectivity index (χ0v) is 17.6. The molecule has 0 aliphatic heterocycles. The molecule has 2 aromatic carbocycles. The minimum atomic E-state index is -0.288. The summed E-state index contributed by atoms with van der Waals surface area (Å²) in [5.74, 6) is -0.0374. The van der Waals surface area contributed by atoms with Gasteiger partial charge in [0, 0.05) is 22.5 Å². The van der Waals surface area contributed by atoms with Crippen LogP contribution in [0.3, 0.4) is 0 Å². The fraction of sp³-hybridized carbons (Fsp3) is 0.0952. The topological polar surface area (TPSA) is 46.1 Å². The first-order valence-corrected chi connectivity index (χ1v) is 11.5. The Morgan fingerprint density at radius 1 is 1.07 bits per heavy atom. The highest BCUT2D eigenvalue weighted by Gasteiger charge is 2.20. The van der Waals surface area contributed by atoms with Crippen LogP contribution in [0, 0.1) is 5.82 Å². The molecule has 0 fully saturated rings. The number of thioether (sulfide) groups is 1. The molecule has 0 saturated heterocycles. The molecule has 0 atom stereocenters. The summed E-state index contributed by atoms with van der Waals surface area (Å²) in [5, 5.41) is 4.41. The number of hydrogen-bond acceptors (Lipinski definition) is 6. The second-order valence-electron chi connectivity index (χ2n) is 6.07. The highest BCUT2D eigenvalue weighted by molar-refractivity contribution is 8.01. The predicted molar refractivity (Wildman–Crippen MR) is 118 cm³/mol. The van der Waals surface area contributed by atoms with E-state index in [0.717, 1.165) is 21.2 Å². The van der Waals surface area contributed by atoms with Crippen LogP contribution in [0.5, 0.6) is 0 Å². The van der Waals surface area contributed by atoms with Gasteiger partial charge in [-0.25, -0.2) is 14.4 Å². The van der Waals surface area contributed by atoms with Gasteiger partial charge in [0.25, 0.3) is 0 Å². The lowest BCUT2D eigenvalue weighted by molar-refractivity contribution is -0.116. The van der Waals surface area contributed by atoms with Crippen molar-refractivity contribution < 1.29 is 9.18 Å². The van der Waals surface area contributed by atoms with E-state index in [0.29, 0.717) is 11.7 Å². The molecule has 0 aliphatic carbocycles. The van der Waals surface area contributed by atoms with E-state index in [1.807, 2.05) is 41.1 Å². The van der Waals surface area contributed by atoms with Crippen molar-refractivity contribution in [3.63, 3.8) is 0 Å². The quantitative estimate of drug-likeness (QED) is 0.344. The molecule has 0 saturated carbocycles. The van der Waals surface area contributed by atoms with Crippen LogP contribution in [-0.2, 0) is 11.3 Å². The van der Waals surface area contributed by atoms with Gasteiger partial charge in [-0.05, 0) is 29.8 Å². The van der Waals surface area contributed by atoms with Crippen molar-refractivity contribution in [2.75, 3.05) is 10.7 Å². The Morgan fingerprint density at radius 3 is 2.59 bits per heavy atom. The molecule has 29 heavy (non-hydrogen) atoms. The number of hydrogen-bond donors (Lipinski definition) is 0. The van der Waals surface area contributed by atoms with Crippen LogP contribution in [0.1, 0.15) is 5.56 Å². The Bertz CT molecular complexity index is 1070. The lowest BCUT2D eigenvalue weighted by Crippen LogP contribution is -2.31. The van der Waals surface area contributed by atoms with Crippen LogP contribution in [-0.4, -0.2) is 21.6 Å². The van der Waals surface area contributed by atoms with E-state index in [1.165, 1.54) is 46.6 Å². The lowest BCUT2D eigenvalue weighted by Gasteiger charge is -2.19. The predicted octanol–water partition coefficient (Wildman–Crippen LogP) is 5.73. The van der Waals surface area contributed by atoms with Gasteiger partial charge in [-0.15, -0.1) is 22.7 Å². The summed E-state index contributed by atoms with van der Waals surface area (Å²) in [7, 11) is 0. The zero-order chi connectivity index (χ0) is 20.1. The first-order chi connectivity index (χ1) is 14.2. The Kier molecular flexibility index (Phi) is 6.33. The Morgan fingerprint density at radius 2 is 1.86 bits per heavy atom. The van der Waals surface area contributed by atoms with Gasteiger partial charge in [0.05, 0.1) is 18.0 Å². The van der Waals surface area contributed by atoms with Crippen molar-refractivity contribution in [3.8, 4) is 11.3 Å². The molecule has 4 nitrogen and oxygen atoms in total. The number of nitrogens with zero attached hydrogens (tertiary/aromatic N) is 3. The molecule has 146 valence electrons. The summed E-state index contributed by atoms with van der Waals surface area (Å²) >= 11 is 4.35. The number of anilines is 1. The summed E-state index contributed by atoms with van der Waals surface area (Å²) in [6.07, 6.45) is 1.73. The van der Waals surface area contributed by atoms with E-state index in [4.69, 9.17) is 0 Å². The van der Waals surface area contributed by atoms with Crippen LogP contribution in [0.25, 0.3) is 11.3 Å². The van der Waals surface area contributed by atoms with Crippen molar-refractivity contribution >= 4 is 45.5 Å². The highest BCUT2D eigenvalue weighted by atomic mass is 32.2. The molecule has 0 unspecified atom stereocenters. The first kappa shape index (κ1) is 19.8. The molecule has 0 bridgehead atoms. The molecule has 4 rings (SSSR count). The Labute approximate surface area is 180 Å². The van der Waals surface area contributed by atoms with Gasteiger partial charge in [-0.1, -0.05) is 42.1 Å². The highest BCUT2D eigenvalue weighted by Crippen LogP contribution is 2.30. The molecule has 4 aromatic rings. The molecule has 0 N–H and O–H groups in total. The Balaban J connectivity index is 1.57. The van der Waals surface area contributed by atoms with Crippen LogP contribution < -0.4 is 4.90 Å². The summed E-state index contributed by atoms with van der Waals surface area (Å²) in [4.78, 5) is 23.6. The monoisotopic (exact) mass is 441 g/mol. The maximum absolute atomic E-state index is 13.2. The SMILES string of the molecule is O=C(CSc1nccs1)N(Cc1ccccc1)c1nc(-c2ccc(F)cc2)cs1. The van der Waals surface area contributed by atoms with E-state index in [1.54, 1.807) is 23.2 Å². The number of benzene rings is 2. The standard InChI is InChI=1S/C21H16FN3OS3/c22-17-8-6-16(7-9-17)18-13-28-20(24-18)25(12-15-4-2-1-3-5-15)19(26)14-29-21-23-10-11-27-21/h1-11,13H,12,14H2. The third-order valence-electron chi connectivity index (χ3n) is 4.08. The molecule has 2 heterocycles. The third-order valence-corrected chi connectivity index (χ3v) is 6.89. The van der Waals surface area contributed by atoms with Gasteiger partial charge < -0.3 is 0 Å². The summed E-state index contributed by atoms with van der Waals surface area (Å²) < 4.78 is 14.1. The van der Waals surface area contributed by atoms with E-state index in [9.17, 15) is 9.18 Å². The number of amides is 1. The summed E-state index contributed by atoms with van der Waals surface area (Å²) in [5.41, 5.74) is 2.57. The van der Waals surface area contributed by atoms with E-state index in [-0.39, 0.29) is 17.5 Å². The number of carbonyl (C=O) groups is 1. The fourth-order valence-corrected chi connectivity index (χ4v) is 5.02. The molecule has 0 radical (unpaired) electrons. The largest absolute Gasteiger partial charge is 0.283 e. The molecular weight excluding hydrogens is 425 g/mol.